The summed E-state index contributed by atoms with van der Waals surface area (Å²) >= 11 is 0. The predicted molar refractivity (Wildman–Crippen MR) is 54.8 cm³/mol. The van der Waals surface area contributed by atoms with Crippen LogP contribution >= 0.6 is 0 Å². The number of benzene rings is 1. The summed E-state index contributed by atoms with van der Waals surface area (Å²) in [5.41, 5.74) is 6.11. The molecule has 1 aromatic rings. The van der Waals surface area contributed by atoms with Crippen LogP contribution in [0.2, 0.25) is 0 Å². The molecule has 0 bridgehead atoms. The van der Waals surface area contributed by atoms with Gasteiger partial charge in [0.15, 0.2) is 0 Å². The third kappa shape index (κ3) is 1.47. The average Bonchev–Trinajstić information content (AvgIpc) is 2.84. The highest BCUT2D eigenvalue weighted by Crippen LogP contribution is 2.52. The van der Waals surface area contributed by atoms with Crippen molar-refractivity contribution in [2.24, 2.45) is 5.73 Å². The van der Waals surface area contributed by atoms with E-state index in [1.54, 1.807) is 18.2 Å². The summed E-state index contributed by atoms with van der Waals surface area (Å²) in [4.78, 5) is 10.9. The van der Waals surface area contributed by atoms with Crippen LogP contribution in [0.5, 0.6) is 5.75 Å². The van der Waals surface area contributed by atoms with Crippen LogP contribution in [-0.4, -0.2) is 21.7 Å². The minimum atomic E-state index is -1.19. The molecule has 1 aromatic carbocycles. The highest BCUT2D eigenvalue weighted by Gasteiger charge is 2.59. The Morgan fingerprint density at radius 3 is 2.80 bits per heavy atom. The number of rotatable bonds is 2. The molecule has 2 unspecified atom stereocenters. The van der Waals surface area contributed by atoms with Crippen LogP contribution in [0, 0.1) is 6.92 Å². The lowest BCUT2D eigenvalue weighted by Crippen LogP contribution is -2.34. The largest absolute Gasteiger partial charge is 0.508 e. The first-order valence-electron chi connectivity index (χ1n) is 4.77. The van der Waals surface area contributed by atoms with Gasteiger partial charge in [0.05, 0.1) is 0 Å². The van der Waals surface area contributed by atoms with Crippen LogP contribution in [0.15, 0.2) is 18.2 Å². The summed E-state index contributed by atoms with van der Waals surface area (Å²) in [6, 6.07) is 5.14. The number of phenolic OH excluding ortho intramolecular Hbond substituents is 1. The molecule has 2 atom stereocenters. The molecular formula is C11H13NO3. The Hall–Kier alpha value is -1.55. The van der Waals surface area contributed by atoms with Crippen LogP contribution in [0.25, 0.3) is 0 Å². The zero-order valence-corrected chi connectivity index (χ0v) is 8.40. The Bertz CT molecular complexity index is 430. The third-order valence-corrected chi connectivity index (χ3v) is 2.96. The number of aryl methyl sites for hydroxylation is 1. The van der Waals surface area contributed by atoms with Crippen molar-refractivity contribution in [3.8, 4) is 5.75 Å². The number of carboxylic acids is 1. The molecule has 4 heteroatoms. The summed E-state index contributed by atoms with van der Waals surface area (Å²) in [5, 5.41) is 18.5. The second-order valence-corrected chi connectivity index (χ2v) is 4.16. The Kier molecular flexibility index (Phi) is 1.98. The number of carbonyl (C=O) groups is 1. The normalized spacial score (nSPS) is 28.8. The number of hydrogen-bond donors (Lipinski definition) is 3. The Morgan fingerprint density at radius 2 is 2.27 bits per heavy atom. The van der Waals surface area contributed by atoms with E-state index < -0.39 is 11.5 Å². The van der Waals surface area contributed by atoms with E-state index in [0.717, 1.165) is 5.56 Å². The fourth-order valence-corrected chi connectivity index (χ4v) is 1.86. The van der Waals surface area contributed by atoms with Gasteiger partial charge in [-0.3, -0.25) is 4.79 Å². The molecule has 0 saturated heterocycles. The fourth-order valence-electron chi connectivity index (χ4n) is 1.86. The van der Waals surface area contributed by atoms with Gasteiger partial charge < -0.3 is 15.9 Å². The van der Waals surface area contributed by atoms with E-state index in [-0.39, 0.29) is 11.7 Å². The van der Waals surface area contributed by atoms with Crippen LogP contribution in [0.3, 0.4) is 0 Å². The van der Waals surface area contributed by atoms with E-state index in [1.807, 2.05) is 6.92 Å². The maximum absolute atomic E-state index is 10.9. The molecule has 1 aliphatic rings. The number of aromatic hydroxyl groups is 1. The van der Waals surface area contributed by atoms with Crippen molar-refractivity contribution < 1.29 is 15.0 Å². The van der Waals surface area contributed by atoms with Crippen molar-refractivity contribution in [1.29, 1.82) is 0 Å². The lowest BCUT2D eigenvalue weighted by molar-refractivity contribution is -0.139. The molecule has 0 aromatic heterocycles. The molecule has 0 spiro atoms. The summed E-state index contributed by atoms with van der Waals surface area (Å²) in [6.07, 6.45) is 0.388. The monoisotopic (exact) mass is 207 g/mol. The van der Waals surface area contributed by atoms with E-state index in [1.165, 1.54) is 0 Å². The van der Waals surface area contributed by atoms with Gasteiger partial charge in [0.25, 0.3) is 0 Å². The second kappa shape index (κ2) is 2.97. The highest BCUT2D eigenvalue weighted by molar-refractivity contribution is 5.85. The van der Waals surface area contributed by atoms with Crippen LogP contribution in [0.1, 0.15) is 23.5 Å². The van der Waals surface area contributed by atoms with Crippen molar-refractivity contribution in [2.45, 2.75) is 24.8 Å². The van der Waals surface area contributed by atoms with E-state index >= 15 is 0 Å². The third-order valence-electron chi connectivity index (χ3n) is 2.96. The Morgan fingerprint density at radius 1 is 1.60 bits per heavy atom. The van der Waals surface area contributed by atoms with Crippen molar-refractivity contribution >= 4 is 5.97 Å². The molecule has 0 heterocycles. The summed E-state index contributed by atoms with van der Waals surface area (Å²) in [5.74, 6) is -1.15. The molecule has 4 N–H and O–H groups in total. The van der Waals surface area contributed by atoms with E-state index in [2.05, 4.69) is 0 Å². The van der Waals surface area contributed by atoms with Gasteiger partial charge in [-0.05, 0) is 25.0 Å². The molecule has 0 radical (unpaired) electrons. The van der Waals surface area contributed by atoms with Gasteiger partial charge >= 0.3 is 5.97 Å². The molecule has 0 amide bonds. The van der Waals surface area contributed by atoms with E-state index in [9.17, 15) is 9.90 Å². The van der Waals surface area contributed by atoms with E-state index in [0.29, 0.717) is 12.0 Å². The smallest absolute Gasteiger partial charge is 0.324 e. The lowest BCUT2D eigenvalue weighted by Gasteiger charge is -2.08. The zero-order valence-electron chi connectivity index (χ0n) is 8.40. The molecule has 1 aliphatic carbocycles. The number of hydrogen-bond acceptors (Lipinski definition) is 3. The van der Waals surface area contributed by atoms with Gasteiger partial charge in [-0.15, -0.1) is 0 Å². The molecule has 1 fully saturated rings. The standard InChI is InChI=1S/C11H13NO3/c1-6-2-3-9(13)7(4-6)8-5-11(8,12)10(14)15/h2-4,8,13H,5,12H2,1H3,(H,14,15). The van der Waals surface area contributed by atoms with Crippen LogP contribution in [0.4, 0.5) is 0 Å². The summed E-state index contributed by atoms with van der Waals surface area (Å²) in [6.45, 7) is 1.89. The Labute approximate surface area is 87.3 Å². The molecule has 0 aliphatic heterocycles. The van der Waals surface area contributed by atoms with Crippen LogP contribution < -0.4 is 5.73 Å². The first-order valence-corrected chi connectivity index (χ1v) is 4.77. The predicted octanol–water partition coefficient (Wildman–Crippen LogP) is 0.970. The Balaban J connectivity index is 2.34. The maximum Gasteiger partial charge on any atom is 0.324 e. The molecule has 1 saturated carbocycles. The second-order valence-electron chi connectivity index (χ2n) is 4.16. The van der Waals surface area contributed by atoms with Gasteiger partial charge in [-0.1, -0.05) is 17.7 Å². The first kappa shape index (κ1) is 9.98. The number of aliphatic carboxylic acids is 1. The molecular weight excluding hydrogens is 194 g/mol. The molecule has 4 nitrogen and oxygen atoms in total. The zero-order chi connectivity index (χ0) is 11.2. The van der Waals surface area contributed by atoms with Gasteiger partial charge in [0.2, 0.25) is 0 Å². The van der Waals surface area contributed by atoms with Crippen molar-refractivity contribution in [3.63, 3.8) is 0 Å². The quantitative estimate of drug-likeness (QED) is 0.674. The molecule has 80 valence electrons. The summed E-state index contributed by atoms with van der Waals surface area (Å²) < 4.78 is 0. The van der Waals surface area contributed by atoms with Crippen molar-refractivity contribution in [1.82, 2.24) is 0 Å². The molecule has 2 rings (SSSR count). The van der Waals surface area contributed by atoms with E-state index in [4.69, 9.17) is 10.8 Å². The highest BCUT2D eigenvalue weighted by atomic mass is 16.4. The minimum Gasteiger partial charge on any atom is -0.508 e. The average molecular weight is 207 g/mol. The maximum atomic E-state index is 10.9. The fraction of sp³-hybridized carbons (Fsp3) is 0.364. The number of phenols is 1. The topological polar surface area (TPSA) is 83.5 Å². The number of carboxylic acid groups (broad SMARTS) is 1. The van der Waals surface area contributed by atoms with Crippen LogP contribution in [-0.2, 0) is 4.79 Å². The molecule has 15 heavy (non-hydrogen) atoms. The van der Waals surface area contributed by atoms with Gasteiger partial charge in [0, 0.05) is 5.92 Å². The first-order chi connectivity index (χ1) is 6.95. The minimum absolute atomic E-state index is 0.124. The van der Waals surface area contributed by atoms with Crippen molar-refractivity contribution in [3.05, 3.63) is 29.3 Å². The van der Waals surface area contributed by atoms with Crippen molar-refractivity contribution in [2.75, 3.05) is 0 Å². The summed E-state index contributed by atoms with van der Waals surface area (Å²) in [7, 11) is 0. The lowest BCUT2D eigenvalue weighted by atomic mass is 10.0. The SMILES string of the molecule is Cc1ccc(O)c(C2CC2(N)C(=O)O)c1. The van der Waals surface area contributed by atoms with Gasteiger partial charge in [-0.2, -0.15) is 0 Å². The number of nitrogens with two attached hydrogens (primary N) is 1. The van der Waals surface area contributed by atoms with Gasteiger partial charge in [-0.25, -0.2) is 0 Å². The van der Waals surface area contributed by atoms with Gasteiger partial charge in [0.1, 0.15) is 11.3 Å².